The summed E-state index contributed by atoms with van der Waals surface area (Å²) in [7, 11) is 0. The minimum Gasteiger partial charge on any atom is -0.391 e. The molecule has 2 fully saturated rings. The zero-order valence-electron chi connectivity index (χ0n) is 33.2. The molecule has 0 saturated carbocycles. The van der Waals surface area contributed by atoms with Gasteiger partial charge in [0.15, 0.2) is 0 Å². The van der Waals surface area contributed by atoms with Crippen molar-refractivity contribution >= 4 is 46.3 Å². The monoisotopic (exact) mass is 806 g/mol. The molecule has 0 aliphatic carbocycles. The number of aliphatic hydroxyl groups is 1. The molecule has 0 bridgehead atoms. The molecule has 3 aromatic carbocycles. The largest absolute Gasteiger partial charge is 0.391 e. The molecule has 0 radical (unpaired) electrons. The number of fused-ring (bicyclic) bond motifs is 2. The van der Waals surface area contributed by atoms with Crippen LogP contribution in [0.15, 0.2) is 91.1 Å². The molecule has 4 aromatic rings. The molecule has 2 aliphatic heterocycles. The highest BCUT2D eigenvalue weighted by molar-refractivity contribution is 5.99. The third-order valence-corrected chi connectivity index (χ3v) is 11.0. The minimum absolute atomic E-state index is 0.0249. The molecule has 15 heteroatoms. The van der Waals surface area contributed by atoms with Crippen LogP contribution in [0, 0.1) is 0 Å². The molecule has 0 spiro atoms. The van der Waals surface area contributed by atoms with Crippen LogP contribution in [-0.2, 0) is 48.0 Å². The van der Waals surface area contributed by atoms with E-state index in [-0.39, 0.29) is 32.2 Å². The molecule has 6 amide bonds. The number of carbonyl (C=O) groups excluding carboxylic acids is 6. The third-order valence-electron chi connectivity index (χ3n) is 11.0. The van der Waals surface area contributed by atoms with Crippen LogP contribution in [0.25, 0.3) is 10.9 Å². The molecule has 0 unspecified atom stereocenters. The van der Waals surface area contributed by atoms with Crippen LogP contribution < -0.4 is 32.3 Å². The Morgan fingerprint density at radius 2 is 1.22 bits per heavy atom. The lowest BCUT2D eigenvalue weighted by molar-refractivity contribution is -0.143. The van der Waals surface area contributed by atoms with Gasteiger partial charge in [-0.25, -0.2) is 0 Å². The van der Waals surface area contributed by atoms with Crippen LogP contribution in [-0.4, -0.2) is 106 Å². The van der Waals surface area contributed by atoms with Gasteiger partial charge in [0.2, 0.25) is 35.4 Å². The number of hydrogen-bond donors (Lipinski definition) is 8. The number of nitrogens with zero attached hydrogens (tertiary/aromatic N) is 1. The number of carbonyl (C=O) groups is 6. The molecular formula is C44H54N8O7. The molecule has 3 heterocycles. The Bertz CT molecular complexity index is 2090. The summed E-state index contributed by atoms with van der Waals surface area (Å²) in [6, 6.07) is 18.5. The maximum atomic E-state index is 14.5. The van der Waals surface area contributed by atoms with Crippen molar-refractivity contribution < 1.29 is 33.9 Å². The molecule has 7 atom stereocenters. The summed E-state index contributed by atoms with van der Waals surface area (Å²) >= 11 is 0. The Labute approximate surface area is 343 Å². The van der Waals surface area contributed by atoms with E-state index in [1.54, 1.807) is 30.5 Å². The summed E-state index contributed by atoms with van der Waals surface area (Å²) in [5, 5.41) is 25.7. The number of benzene rings is 3. The van der Waals surface area contributed by atoms with E-state index in [1.165, 1.54) is 11.8 Å². The van der Waals surface area contributed by atoms with E-state index in [4.69, 9.17) is 5.73 Å². The predicted octanol–water partition coefficient (Wildman–Crippen LogP) is 1.13. The fraction of sp³-hybridized carbons (Fsp3) is 0.409. The number of rotatable bonds is 11. The van der Waals surface area contributed by atoms with E-state index in [2.05, 4.69) is 31.6 Å². The second-order valence-electron chi connectivity index (χ2n) is 15.4. The summed E-state index contributed by atoms with van der Waals surface area (Å²) in [6.45, 7) is 1.90. The lowest BCUT2D eigenvalue weighted by atomic mass is 10.00. The van der Waals surface area contributed by atoms with Crippen LogP contribution in [0.2, 0.25) is 0 Å². The van der Waals surface area contributed by atoms with Gasteiger partial charge in [-0.2, -0.15) is 0 Å². The maximum absolute atomic E-state index is 14.5. The van der Waals surface area contributed by atoms with Crippen molar-refractivity contribution in [3.8, 4) is 0 Å². The van der Waals surface area contributed by atoms with E-state index in [0.717, 1.165) is 27.6 Å². The van der Waals surface area contributed by atoms with Crippen molar-refractivity contribution in [1.82, 2.24) is 36.5 Å². The van der Waals surface area contributed by atoms with Gasteiger partial charge in [0.1, 0.15) is 36.3 Å². The second kappa shape index (κ2) is 20.1. The van der Waals surface area contributed by atoms with E-state index >= 15 is 0 Å². The number of nitrogens with one attached hydrogen (secondary N) is 6. The van der Waals surface area contributed by atoms with Crippen LogP contribution in [0.5, 0.6) is 0 Å². The van der Waals surface area contributed by atoms with Crippen molar-refractivity contribution in [3.63, 3.8) is 0 Å². The van der Waals surface area contributed by atoms with Crippen molar-refractivity contribution in [3.05, 3.63) is 108 Å². The van der Waals surface area contributed by atoms with E-state index in [9.17, 15) is 33.9 Å². The highest BCUT2D eigenvalue weighted by Gasteiger charge is 2.41. The number of aromatic amines is 1. The predicted molar refractivity (Wildman–Crippen MR) is 221 cm³/mol. The first-order chi connectivity index (χ1) is 28.5. The Balaban J connectivity index is 1.40. The summed E-state index contributed by atoms with van der Waals surface area (Å²) in [6.07, 6.45) is 2.44. The first kappa shape index (κ1) is 42.5. The van der Waals surface area contributed by atoms with Gasteiger partial charge in [-0.15, -0.1) is 0 Å². The summed E-state index contributed by atoms with van der Waals surface area (Å²) < 4.78 is 0. The number of H-pyrrole nitrogens is 1. The molecule has 15 nitrogen and oxygen atoms in total. The van der Waals surface area contributed by atoms with E-state index < -0.39 is 77.8 Å². The Morgan fingerprint density at radius 1 is 0.661 bits per heavy atom. The average Bonchev–Trinajstić information content (AvgIpc) is 3.90. The van der Waals surface area contributed by atoms with Gasteiger partial charge in [0.25, 0.3) is 0 Å². The molecule has 1 aromatic heterocycles. The van der Waals surface area contributed by atoms with Crippen LogP contribution in [0.3, 0.4) is 0 Å². The lowest BCUT2D eigenvalue weighted by Crippen LogP contribution is -2.63. The van der Waals surface area contributed by atoms with Gasteiger partial charge in [0, 0.05) is 42.9 Å². The molecular weight excluding hydrogens is 753 g/mol. The Kier molecular flexibility index (Phi) is 14.5. The number of amides is 6. The van der Waals surface area contributed by atoms with Gasteiger partial charge in [-0.1, -0.05) is 78.9 Å². The highest BCUT2D eigenvalue weighted by atomic mass is 16.3. The topological polar surface area (TPSA) is 228 Å². The lowest BCUT2D eigenvalue weighted by Gasteiger charge is -2.32. The molecule has 2 saturated heterocycles. The standard InChI is InChI=1S/C44H54N8O7/c1-27(53)38-43(58)50-36(24-29-15-6-3-7-16-29)44(59)52-22-12-20-37(52)42(57)49-34(23-28-13-4-2-5-14-28)40(55)48-35(25-30-26-46-32-18-9-8-17-31(30)32)41(56)47-33(39(54)51-38)19-10-11-21-45/h2-9,13-18,26-27,33-38,46,53H,10-12,19-25,45H2,1H3,(H,47,56)(H,48,55)(H,49,57)(H,50,58)(H,51,54)/t27-,33-,34+,35-,36-,37+,38+/m1/s1. The number of hydrogen-bond acceptors (Lipinski definition) is 8. The van der Waals surface area contributed by atoms with Crippen molar-refractivity contribution in [2.45, 2.75) is 101 Å². The van der Waals surface area contributed by atoms with Gasteiger partial charge in [0.05, 0.1) is 6.10 Å². The Hall–Kier alpha value is -6.06. The molecule has 9 N–H and O–H groups in total. The summed E-state index contributed by atoms with van der Waals surface area (Å²) in [5.41, 5.74) is 8.81. The second-order valence-corrected chi connectivity index (χ2v) is 15.4. The molecule has 2 aliphatic rings. The molecule has 6 rings (SSSR count). The van der Waals surface area contributed by atoms with E-state index in [0.29, 0.717) is 32.2 Å². The molecule has 312 valence electrons. The van der Waals surface area contributed by atoms with Crippen LogP contribution in [0.1, 0.15) is 55.7 Å². The van der Waals surface area contributed by atoms with Gasteiger partial charge < -0.3 is 47.3 Å². The Morgan fingerprint density at radius 3 is 1.88 bits per heavy atom. The van der Waals surface area contributed by atoms with Crippen LogP contribution in [0.4, 0.5) is 0 Å². The SMILES string of the molecule is C[C@@H](O)[C@@H]1NC(=O)[C@@H](CCCCN)NC(=O)[C@@H](Cc2c[nH]c3ccccc23)NC(=O)[C@H](Cc2ccccc2)NC(=O)[C@@H]2CCCN2C(=O)[C@@H](Cc2ccccc2)NC1=O. The van der Waals surface area contributed by atoms with Crippen LogP contribution >= 0.6 is 0 Å². The van der Waals surface area contributed by atoms with Crippen molar-refractivity contribution in [1.29, 1.82) is 0 Å². The summed E-state index contributed by atoms with van der Waals surface area (Å²) in [5.74, 6) is -3.93. The number of para-hydroxylation sites is 1. The number of aliphatic hydroxyl groups excluding tert-OH is 1. The normalized spacial score (nSPS) is 24.2. The smallest absolute Gasteiger partial charge is 0.246 e. The van der Waals surface area contributed by atoms with Gasteiger partial charge in [-0.3, -0.25) is 28.8 Å². The van der Waals surface area contributed by atoms with Crippen molar-refractivity contribution in [2.75, 3.05) is 13.1 Å². The average molecular weight is 807 g/mol. The number of aromatic nitrogens is 1. The van der Waals surface area contributed by atoms with Gasteiger partial charge >= 0.3 is 0 Å². The highest BCUT2D eigenvalue weighted by Crippen LogP contribution is 2.22. The van der Waals surface area contributed by atoms with Gasteiger partial charge in [-0.05, 0) is 68.3 Å². The quantitative estimate of drug-likeness (QED) is 0.102. The van der Waals surface area contributed by atoms with E-state index in [1.807, 2.05) is 60.7 Å². The molecule has 59 heavy (non-hydrogen) atoms. The third kappa shape index (κ3) is 10.9. The number of unbranched alkanes of at least 4 members (excludes halogenated alkanes) is 1. The zero-order valence-corrected chi connectivity index (χ0v) is 33.2. The number of nitrogens with two attached hydrogens (primary N) is 1. The fourth-order valence-electron chi connectivity index (χ4n) is 7.84. The zero-order chi connectivity index (χ0) is 41.9. The van der Waals surface area contributed by atoms with Crippen molar-refractivity contribution in [2.24, 2.45) is 5.73 Å². The first-order valence-corrected chi connectivity index (χ1v) is 20.4. The maximum Gasteiger partial charge on any atom is 0.246 e. The fourth-order valence-corrected chi connectivity index (χ4v) is 7.84. The first-order valence-electron chi connectivity index (χ1n) is 20.4. The summed E-state index contributed by atoms with van der Waals surface area (Å²) in [4.78, 5) is 90.3. The minimum atomic E-state index is -1.51.